The lowest BCUT2D eigenvalue weighted by atomic mass is 10.9. The van der Waals surface area contributed by atoms with Gasteiger partial charge in [-0.2, -0.15) is 0 Å². The van der Waals surface area contributed by atoms with E-state index in [0.29, 0.717) is 12.8 Å². The zero-order chi connectivity index (χ0) is 7.33. The Morgan fingerprint density at radius 3 is 2.22 bits per heavy atom. The van der Waals surface area contributed by atoms with Crippen LogP contribution in [-0.4, -0.2) is 19.8 Å². The Kier molecular flexibility index (Phi) is 4.11. The van der Waals surface area contributed by atoms with E-state index in [4.69, 9.17) is 4.52 Å². The van der Waals surface area contributed by atoms with Gasteiger partial charge in [-0.05, 0) is 14.0 Å². The van der Waals surface area contributed by atoms with Gasteiger partial charge in [-0.3, -0.25) is 4.57 Å². The second kappa shape index (κ2) is 4.04. The highest BCUT2D eigenvalue weighted by Crippen LogP contribution is 2.40. The Labute approximate surface area is 56.3 Å². The van der Waals surface area contributed by atoms with Gasteiger partial charge < -0.3 is 4.52 Å². The molecule has 1 atom stereocenters. The van der Waals surface area contributed by atoms with Gasteiger partial charge in [0.15, 0.2) is 0 Å². The Morgan fingerprint density at radius 1 is 1.56 bits per heavy atom. The van der Waals surface area contributed by atoms with E-state index in [1.165, 1.54) is 0 Å². The number of rotatable bonds is 4. The fourth-order valence-electron chi connectivity index (χ4n) is 0.522. The molecule has 0 spiro atoms. The summed E-state index contributed by atoms with van der Waals surface area (Å²) in [6, 6.07) is 0. The lowest BCUT2D eigenvalue weighted by Gasteiger charge is -2.13. The molecule has 56 valence electrons. The molecule has 0 heterocycles. The first-order chi connectivity index (χ1) is 4.18. The summed E-state index contributed by atoms with van der Waals surface area (Å²) in [6.45, 7) is 4.18. The van der Waals surface area contributed by atoms with Crippen molar-refractivity contribution >= 4 is 7.52 Å². The van der Waals surface area contributed by atoms with Gasteiger partial charge in [0.25, 0.3) is 7.52 Å². The molecular weight excluding hydrogens is 137 g/mol. The molecule has 0 amide bonds. The Hall–Kier alpha value is 0.150. The third kappa shape index (κ3) is 2.99. The minimum absolute atomic E-state index is 0.506. The molecule has 0 fully saturated rings. The zero-order valence-electron chi connectivity index (χ0n) is 6.18. The molecular formula is C5H14NO2P. The summed E-state index contributed by atoms with van der Waals surface area (Å²) < 4.78 is 16.2. The molecule has 3 nitrogen and oxygen atoms in total. The number of hydrogen-bond acceptors (Lipinski definition) is 2. The molecule has 4 heteroatoms. The summed E-state index contributed by atoms with van der Waals surface area (Å²) >= 11 is 0. The van der Waals surface area contributed by atoms with Crippen molar-refractivity contribution in [3.05, 3.63) is 0 Å². The number of hydrogen-bond donors (Lipinski definition) is 1. The molecule has 0 aromatic heterocycles. The summed E-state index contributed by atoms with van der Waals surface area (Å²) in [7, 11) is -0.778. The fourth-order valence-corrected chi connectivity index (χ4v) is 1.57. The lowest BCUT2D eigenvalue weighted by molar-refractivity contribution is 0.328. The largest absolute Gasteiger partial charge is 0.318 e. The van der Waals surface area contributed by atoms with E-state index in [1.54, 1.807) is 7.05 Å². The Balaban J connectivity index is 3.78. The van der Waals surface area contributed by atoms with E-state index in [-0.39, 0.29) is 0 Å². The highest BCUT2D eigenvalue weighted by Gasteiger charge is 2.15. The average Bonchev–Trinajstić information content (AvgIpc) is 1.89. The van der Waals surface area contributed by atoms with Crippen LogP contribution in [0.15, 0.2) is 0 Å². The third-order valence-electron chi connectivity index (χ3n) is 1.09. The van der Waals surface area contributed by atoms with Gasteiger partial charge in [0, 0.05) is 6.16 Å². The first-order valence-corrected chi connectivity index (χ1v) is 4.92. The van der Waals surface area contributed by atoms with E-state index in [9.17, 15) is 4.57 Å². The fraction of sp³-hybridized carbons (Fsp3) is 1.00. The van der Waals surface area contributed by atoms with Crippen molar-refractivity contribution in [1.82, 2.24) is 5.09 Å². The van der Waals surface area contributed by atoms with Crippen molar-refractivity contribution in [3.8, 4) is 0 Å². The molecule has 0 aromatic rings. The molecule has 0 rings (SSSR count). The van der Waals surface area contributed by atoms with Crippen LogP contribution in [0.2, 0.25) is 0 Å². The number of nitrogens with one attached hydrogen (secondary N) is 1. The van der Waals surface area contributed by atoms with E-state index < -0.39 is 7.52 Å². The first-order valence-electron chi connectivity index (χ1n) is 3.11. The Bertz CT molecular complexity index is 108. The van der Waals surface area contributed by atoms with E-state index in [2.05, 4.69) is 5.09 Å². The maximum Gasteiger partial charge on any atom is 0.269 e. The topological polar surface area (TPSA) is 38.3 Å². The smallest absolute Gasteiger partial charge is 0.269 e. The van der Waals surface area contributed by atoms with Gasteiger partial charge in [-0.1, -0.05) is 6.92 Å². The molecule has 0 aromatic carbocycles. The van der Waals surface area contributed by atoms with Crippen molar-refractivity contribution in [2.75, 3.05) is 19.8 Å². The summed E-state index contributed by atoms with van der Waals surface area (Å²) in [5.41, 5.74) is 0. The van der Waals surface area contributed by atoms with Gasteiger partial charge in [0.2, 0.25) is 0 Å². The predicted octanol–water partition coefficient (Wildman–Crippen LogP) is 1.46. The van der Waals surface area contributed by atoms with Crippen LogP contribution in [-0.2, 0) is 9.09 Å². The van der Waals surface area contributed by atoms with E-state index in [0.717, 1.165) is 0 Å². The minimum Gasteiger partial charge on any atom is -0.318 e. The molecule has 0 aliphatic carbocycles. The summed E-state index contributed by atoms with van der Waals surface area (Å²) in [5.74, 6) is 0. The maximum atomic E-state index is 11.2. The van der Waals surface area contributed by atoms with Gasteiger partial charge in [-0.25, -0.2) is 5.09 Å². The maximum absolute atomic E-state index is 11.2. The van der Waals surface area contributed by atoms with Gasteiger partial charge in [-0.15, -0.1) is 0 Å². The molecule has 0 aliphatic rings. The van der Waals surface area contributed by atoms with Crippen LogP contribution in [0.1, 0.15) is 13.8 Å². The SMILES string of the molecule is CCO[P@](=O)(CC)NC. The van der Waals surface area contributed by atoms with Crippen LogP contribution in [0.4, 0.5) is 0 Å². The summed E-state index contributed by atoms with van der Waals surface area (Å²) in [4.78, 5) is 0. The molecule has 1 N–H and O–H groups in total. The van der Waals surface area contributed by atoms with Crippen LogP contribution in [0, 0.1) is 0 Å². The van der Waals surface area contributed by atoms with Crippen LogP contribution < -0.4 is 5.09 Å². The summed E-state index contributed by atoms with van der Waals surface area (Å²) in [6.07, 6.45) is 0.553. The standard InChI is InChI=1S/C5H14NO2P/c1-4-8-9(7,5-2)6-3/h4-5H2,1-3H3,(H,6,7)/t9-/m1/s1. The van der Waals surface area contributed by atoms with E-state index >= 15 is 0 Å². The molecule has 0 saturated carbocycles. The zero-order valence-corrected chi connectivity index (χ0v) is 7.07. The molecule has 0 unspecified atom stereocenters. The Morgan fingerprint density at radius 2 is 2.11 bits per heavy atom. The molecule has 9 heavy (non-hydrogen) atoms. The second-order valence-corrected chi connectivity index (χ2v) is 4.32. The van der Waals surface area contributed by atoms with Crippen LogP contribution in [0.25, 0.3) is 0 Å². The van der Waals surface area contributed by atoms with Gasteiger partial charge in [0.1, 0.15) is 0 Å². The first kappa shape index (κ1) is 9.15. The highest BCUT2D eigenvalue weighted by molar-refractivity contribution is 7.56. The molecule has 0 aliphatic heterocycles. The monoisotopic (exact) mass is 151 g/mol. The van der Waals surface area contributed by atoms with E-state index in [1.807, 2.05) is 13.8 Å². The minimum atomic E-state index is -2.43. The normalized spacial score (nSPS) is 17.2. The van der Waals surface area contributed by atoms with Crippen molar-refractivity contribution in [3.63, 3.8) is 0 Å². The highest BCUT2D eigenvalue weighted by atomic mass is 31.2. The van der Waals surface area contributed by atoms with Crippen LogP contribution in [0.3, 0.4) is 0 Å². The third-order valence-corrected chi connectivity index (χ3v) is 3.28. The summed E-state index contributed by atoms with van der Waals surface area (Å²) in [5, 5.41) is 2.66. The molecule has 0 bridgehead atoms. The van der Waals surface area contributed by atoms with Crippen LogP contribution in [0.5, 0.6) is 0 Å². The lowest BCUT2D eigenvalue weighted by Crippen LogP contribution is -2.07. The quantitative estimate of drug-likeness (QED) is 0.618. The van der Waals surface area contributed by atoms with Crippen molar-refractivity contribution < 1.29 is 9.09 Å². The predicted molar refractivity (Wildman–Crippen MR) is 38.8 cm³/mol. The van der Waals surface area contributed by atoms with Crippen molar-refractivity contribution in [1.29, 1.82) is 0 Å². The van der Waals surface area contributed by atoms with Crippen molar-refractivity contribution in [2.24, 2.45) is 0 Å². The average molecular weight is 151 g/mol. The second-order valence-electron chi connectivity index (χ2n) is 1.63. The van der Waals surface area contributed by atoms with Crippen molar-refractivity contribution in [2.45, 2.75) is 13.8 Å². The van der Waals surface area contributed by atoms with Crippen LogP contribution >= 0.6 is 7.52 Å². The molecule has 0 saturated heterocycles. The molecule has 0 radical (unpaired) electrons. The van der Waals surface area contributed by atoms with Gasteiger partial charge in [0.05, 0.1) is 6.61 Å². The van der Waals surface area contributed by atoms with Gasteiger partial charge >= 0.3 is 0 Å².